The summed E-state index contributed by atoms with van der Waals surface area (Å²) >= 11 is 0. The summed E-state index contributed by atoms with van der Waals surface area (Å²) < 4.78 is 40.8. The van der Waals surface area contributed by atoms with Crippen molar-refractivity contribution >= 4 is 10.0 Å². The van der Waals surface area contributed by atoms with Crippen LogP contribution < -0.4 is 4.72 Å². The second-order valence-corrected chi connectivity index (χ2v) is 8.24. The molecule has 0 heterocycles. The van der Waals surface area contributed by atoms with Crippen molar-refractivity contribution < 1.29 is 17.9 Å². The highest BCUT2D eigenvalue weighted by Gasteiger charge is 2.35. The Balaban J connectivity index is 2.20. The number of sulfonamides is 1. The minimum atomic E-state index is -3.78. The zero-order chi connectivity index (χ0) is 17.0. The maximum atomic E-state index is 13.0. The lowest BCUT2D eigenvalue weighted by Gasteiger charge is -2.32. The first-order valence-corrected chi connectivity index (χ1v) is 9.79. The van der Waals surface area contributed by atoms with Crippen LogP contribution in [-0.2, 0) is 10.0 Å². The average Bonchev–Trinajstić information content (AvgIpc) is 3.06. The van der Waals surface area contributed by atoms with E-state index in [0.29, 0.717) is 0 Å². The molecule has 23 heavy (non-hydrogen) atoms. The van der Waals surface area contributed by atoms with E-state index in [1.165, 1.54) is 12.1 Å². The van der Waals surface area contributed by atoms with Crippen LogP contribution in [0.1, 0.15) is 46.0 Å². The van der Waals surface area contributed by atoms with Crippen LogP contribution in [0.15, 0.2) is 29.2 Å². The molecule has 1 aromatic rings. The molecule has 1 aliphatic carbocycles. The Morgan fingerprint density at radius 1 is 1.26 bits per heavy atom. The fourth-order valence-corrected chi connectivity index (χ4v) is 4.59. The van der Waals surface area contributed by atoms with Gasteiger partial charge in [0.05, 0.1) is 17.0 Å². The molecule has 0 amide bonds. The van der Waals surface area contributed by atoms with Gasteiger partial charge in [-0.3, -0.25) is 0 Å². The fourth-order valence-electron chi connectivity index (χ4n) is 3.23. The van der Waals surface area contributed by atoms with Gasteiger partial charge in [0, 0.05) is 0 Å². The fraction of sp³-hybridized carbons (Fsp3) is 0.647. The van der Waals surface area contributed by atoms with E-state index in [0.717, 1.165) is 44.2 Å². The van der Waals surface area contributed by atoms with E-state index in [1.54, 1.807) is 0 Å². The van der Waals surface area contributed by atoms with Gasteiger partial charge in [-0.1, -0.05) is 33.1 Å². The first-order valence-electron chi connectivity index (χ1n) is 8.31. The molecule has 3 unspecified atom stereocenters. The summed E-state index contributed by atoms with van der Waals surface area (Å²) in [6, 6.07) is 4.21. The van der Waals surface area contributed by atoms with Crippen molar-refractivity contribution in [2.75, 3.05) is 0 Å². The van der Waals surface area contributed by atoms with Gasteiger partial charge in [0.2, 0.25) is 10.0 Å². The predicted molar refractivity (Wildman–Crippen MR) is 87.9 cm³/mol. The van der Waals surface area contributed by atoms with Crippen LogP contribution in [0.4, 0.5) is 4.39 Å². The minimum absolute atomic E-state index is 0.0147. The van der Waals surface area contributed by atoms with Crippen molar-refractivity contribution in [2.24, 2.45) is 11.8 Å². The molecule has 0 saturated heterocycles. The minimum Gasteiger partial charge on any atom is -0.391 e. The molecule has 2 rings (SSSR count). The van der Waals surface area contributed by atoms with Gasteiger partial charge < -0.3 is 5.11 Å². The van der Waals surface area contributed by atoms with Crippen molar-refractivity contribution in [3.05, 3.63) is 30.1 Å². The van der Waals surface area contributed by atoms with Gasteiger partial charge in [-0.2, -0.15) is 0 Å². The van der Waals surface area contributed by atoms with Gasteiger partial charge in [-0.15, -0.1) is 0 Å². The summed E-state index contributed by atoms with van der Waals surface area (Å²) in [5.41, 5.74) is 0. The third kappa shape index (κ3) is 4.52. The molecule has 3 atom stereocenters. The quantitative estimate of drug-likeness (QED) is 0.799. The number of aliphatic hydroxyl groups is 1. The normalized spacial score (nSPS) is 20.3. The van der Waals surface area contributed by atoms with E-state index < -0.39 is 28.0 Å². The second kappa shape index (κ2) is 7.73. The Labute approximate surface area is 138 Å². The lowest BCUT2D eigenvalue weighted by atomic mass is 9.87. The highest BCUT2D eigenvalue weighted by atomic mass is 32.2. The van der Waals surface area contributed by atoms with Crippen molar-refractivity contribution in [3.63, 3.8) is 0 Å². The van der Waals surface area contributed by atoms with Gasteiger partial charge in [0.1, 0.15) is 5.82 Å². The zero-order valence-corrected chi connectivity index (χ0v) is 14.5. The molecule has 1 aliphatic rings. The number of benzene rings is 1. The predicted octanol–water partition coefficient (Wildman–Crippen LogP) is 3.07. The molecule has 2 N–H and O–H groups in total. The molecular weight excluding hydrogens is 317 g/mol. The molecule has 0 aliphatic heterocycles. The Hall–Kier alpha value is -0.980. The van der Waals surface area contributed by atoms with E-state index in [9.17, 15) is 17.9 Å². The highest BCUT2D eigenvalue weighted by molar-refractivity contribution is 7.89. The van der Waals surface area contributed by atoms with E-state index in [1.807, 2.05) is 13.8 Å². The first-order chi connectivity index (χ1) is 10.8. The summed E-state index contributed by atoms with van der Waals surface area (Å²) in [6.07, 6.45) is 4.11. The first kappa shape index (κ1) is 18.4. The monoisotopic (exact) mass is 343 g/mol. The van der Waals surface area contributed by atoms with Gasteiger partial charge in [-0.05, 0) is 48.9 Å². The van der Waals surface area contributed by atoms with Crippen molar-refractivity contribution in [3.8, 4) is 0 Å². The molecule has 0 spiro atoms. The molecule has 0 bridgehead atoms. The molecule has 6 heteroatoms. The van der Waals surface area contributed by atoms with Crippen LogP contribution in [0.5, 0.6) is 0 Å². The van der Waals surface area contributed by atoms with E-state index in [-0.39, 0.29) is 16.7 Å². The summed E-state index contributed by atoms with van der Waals surface area (Å²) in [5.74, 6) is -0.320. The van der Waals surface area contributed by atoms with Crippen LogP contribution in [0.2, 0.25) is 0 Å². The summed E-state index contributed by atoms with van der Waals surface area (Å²) in [5, 5.41) is 10.7. The Morgan fingerprint density at radius 3 is 2.35 bits per heavy atom. The number of hydrogen-bond donors (Lipinski definition) is 2. The van der Waals surface area contributed by atoms with Crippen LogP contribution >= 0.6 is 0 Å². The van der Waals surface area contributed by atoms with E-state index >= 15 is 0 Å². The summed E-state index contributed by atoms with van der Waals surface area (Å²) in [4.78, 5) is 0.0193. The number of nitrogens with one attached hydrogen (secondary N) is 1. The van der Waals surface area contributed by atoms with Gasteiger partial charge in [-0.25, -0.2) is 17.5 Å². The number of aliphatic hydroxyl groups excluding tert-OH is 1. The molecule has 0 radical (unpaired) electrons. The Bertz CT molecular complexity index is 597. The van der Waals surface area contributed by atoms with Crippen LogP contribution in [0, 0.1) is 17.7 Å². The standard InChI is InChI=1S/C17H26FNO3S/c1-3-12(2)16(17(20)13-6-4-5-7-13)19-23(21,22)15-10-8-14(18)9-11-15/h8-13,16-17,19-20H,3-7H2,1-2H3. The highest BCUT2D eigenvalue weighted by Crippen LogP contribution is 2.31. The number of rotatable bonds is 7. The topological polar surface area (TPSA) is 66.4 Å². The Kier molecular flexibility index (Phi) is 6.17. The van der Waals surface area contributed by atoms with E-state index in [4.69, 9.17) is 0 Å². The molecule has 1 aromatic carbocycles. The average molecular weight is 343 g/mol. The van der Waals surface area contributed by atoms with Crippen molar-refractivity contribution in [2.45, 2.75) is 63.0 Å². The molecule has 130 valence electrons. The largest absolute Gasteiger partial charge is 0.391 e. The van der Waals surface area contributed by atoms with Crippen LogP contribution in [0.25, 0.3) is 0 Å². The lowest BCUT2D eigenvalue weighted by molar-refractivity contribution is 0.0587. The molecular formula is C17H26FNO3S. The summed E-state index contributed by atoms with van der Waals surface area (Å²) in [6.45, 7) is 3.92. The molecule has 0 aromatic heterocycles. The molecule has 1 saturated carbocycles. The lowest BCUT2D eigenvalue weighted by Crippen LogP contribution is -2.49. The van der Waals surface area contributed by atoms with Crippen molar-refractivity contribution in [1.29, 1.82) is 0 Å². The third-order valence-electron chi connectivity index (χ3n) is 4.92. The van der Waals surface area contributed by atoms with Gasteiger partial charge in [0.25, 0.3) is 0 Å². The number of hydrogen-bond acceptors (Lipinski definition) is 3. The number of halogens is 1. The zero-order valence-electron chi connectivity index (χ0n) is 13.7. The second-order valence-electron chi connectivity index (χ2n) is 6.52. The maximum Gasteiger partial charge on any atom is 0.240 e. The molecule has 1 fully saturated rings. The smallest absolute Gasteiger partial charge is 0.240 e. The SMILES string of the molecule is CCC(C)C(NS(=O)(=O)c1ccc(F)cc1)C(O)C1CCCC1. The molecule has 4 nitrogen and oxygen atoms in total. The third-order valence-corrected chi connectivity index (χ3v) is 6.40. The van der Waals surface area contributed by atoms with Gasteiger partial charge >= 0.3 is 0 Å². The van der Waals surface area contributed by atoms with Crippen LogP contribution in [-0.4, -0.2) is 25.7 Å². The van der Waals surface area contributed by atoms with Crippen LogP contribution in [0.3, 0.4) is 0 Å². The summed E-state index contributed by atoms with van der Waals surface area (Å²) in [7, 11) is -3.78. The maximum absolute atomic E-state index is 13.0. The van der Waals surface area contributed by atoms with Crippen molar-refractivity contribution in [1.82, 2.24) is 4.72 Å². The van der Waals surface area contributed by atoms with E-state index in [2.05, 4.69) is 4.72 Å². The Morgan fingerprint density at radius 2 is 1.83 bits per heavy atom. The van der Waals surface area contributed by atoms with Gasteiger partial charge in [0.15, 0.2) is 0 Å².